The number of hydrogen-bond acceptors (Lipinski definition) is 2. The second kappa shape index (κ2) is 8.38. The van der Waals surface area contributed by atoms with Crippen LogP contribution in [0.3, 0.4) is 0 Å². The molecule has 0 bridgehead atoms. The smallest absolute Gasteiger partial charge is 0.307 e. The third-order valence-corrected chi connectivity index (χ3v) is 4.29. The number of para-hydroxylation sites is 1. The minimum absolute atomic E-state index is 0.126. The average molecular weight is 402 g/mol. The normalized spacial score (nSPS) is 11.5. The van der Waals surface area contributed by atoms with Crippen molar-refractivity contribution in [2.45, 2.75) is 32.5 Å². The van der Waals surface area contributed by atoms with Gasteiger partial charge in [0.05, 0.1) is 23.5 Å². The lowest BCUT2D eigenvalue weighted by molar-refractivity contribution is -0.136. The summed E-state index contributed by atoms with van der Waals surface area (Å²) in [4.78, 5) is 12.4. The van der Waals surface area contributed by atoms with Crippen molar-refractivity contribution in [3.63, 3.8) is 0 Å². The van der Waals surface area contributed by atoms with E-state index in [9.17, 15) is 18.0 Å². The summed E-state index contributed by atoms with van der Waals surface area (Å²) in [5.41, 5.74) is 0.537. The van der Waals surface area contributed by atoms with Gasteiger partial charge in [-0.25, -0.2) is 9.48 Å². The molecule has 0 saturated carbocycles. The van der Waals surface area contributed by atoms with Gasteiger partial charge in [-0.3, -0.25) is 5.32 Å². The van der Waals surface area contributed by atoms with Gasteiger partial charge in [-0.15, -0.1) is 0 Å². The number of amides is 2. The number of benzene rings is 2. The van der Waals surface area contributed by atoms with E-state index in [-0.39, 0.29) is 11.6 Å². The van der Waals surface area contributed by atoms with Crippen LogP contribution in [0.25, 0.3) is 0 Å². The first-order valence-corrected chi connectivity index (χ1v) is 9.10. The Kier molecular flexibility index (Phi) is 5.91. The highest BCUT2D eigenvalue weighted by Gasteiger charge is 2.33. The van der Waals surface area contributed by atoms with E-state index in [1.165, 1.54) is 18.2 Å². The Balaban J connectivity index is 1.82. The van der Waals surface area contributed by atoms with Crippen LogP contribution in [0.1, 0.15) is 36.6 Å². The van der Waals surface area contributed by atoms with Gasteiger partial charge in [-0.1, -0.05) is 56.3 Å². The number of anilines is 2. The maximum atomic E-state index is 13.1. The summed E-state index contributed by atoms with van der Waals surface area (Å²) in [6, 6.07) is 15.4. The molecule has 0 aliphatic heterocycles. The van der Waals surface area contributed by atoms with E-state index < -0.39 is 17.8 Å². The Bertz CT molecular complexity index is 981. The minimum Gasteiger partial charge on any atom is -0.307 e. The topological polar surface area (TPSA) is 59.0 Å². The fraction of sp³-hybridized carbons (Fsp3) is 0.238. The Hall–Kier alpha value is -3.29. The molecule has 0 saturated heterocycles. The summed E-state index contributed by atoms with van der Waals surface area (Å²) >= 11 is 0. The molecule has 3 rings (SSSR count). The molecule has 3 aromatic rings. The molecule has 1 heterocycles. The van der Waals surface area contributed by atoms with Crippen LogP contribution in [0.5, 0.6) is 0 Å². The van der Waals surface area contributed by atoms with E-state index in [1.54, 1.807) is 10.7 Å². The molecule has 0 aliphatic rings. The first-order valence-electron chi connectivity index (χ1n) is 9.10. The van der Waals surface area contributed by atoms with Crippen molar-refractivity contribution in [1.29, 1.82) is 0 Å². The van der Waals surface area contributed by atoms with Crippen LogP contribution in [0.2, 0.25) is 0 Å². The molecule has 0 aliphatic carbocycles. The molecule has 0 unspecified atom stereocenters. The van der Waals surface area contributed by atoms with Gasteiger partial charge in [-0.05, 0) is 23.6 Å². The highest BCUT2D eigenvalue weighted by molar-refractivity contribution is 5.99. The van der Waals surface area contributed by atoms with Crippen LogP contribution in [0, 0.1) is 0 Å². The quantitative estimate of drug-likeness (QED) is 0.574. The van der Waals surface area contributed by atoms with Crippen LogP contribution in [0.15, 0.2) is 60.7 Å². The van der Waals surface area contributed by atoms with E-state index in [0.29, 0.717) is 12.4 Å². The predicted molar refractivity (Wildman–Crippen MR) is 106 cm³/mol. The predicted octanol–water partition coefficient (Wildman–Crippen LogP) is 5.72. The highest BCUT2D eigenvalue weighted by Crippen LogP contribution is 2.34. The van der Waals surface area contributed by atoms with Crippen LogP contribution in [-0.2, 0) is 12.7 Å². The van der Waals surface area contributed by atoms with Crippen LogP contribution < -0.4 is 10.6 Å². The summed E-state index contributed by atoms with van der Waals surface area (Å²) < 4.78 is 41.0. The molecular weight excluding hydrogens is 381 g/mol. The van der Waals surface area contributed by atoms with E-state index in [4.69, 9.17) is 0 Å². The van der Waals surface area contributed by atoms with Crippen molar-refractivity contribution in [2.24, 2.45) is 0 Å². The summed E-state index contributed by atoms with van der Waals surface area (Å²) in [6.07, 6.45) is -4.57. The number of rotatable bonds is 5. The first-order chi connectivity index (χ1) is 13.7. The van der Waals surface area contributed by atoms with Gasteiger partial charge < -0.3 is 5.32 Å². The maximum Gasteiger partial charge on any atom is 0.418 e. The van der Waals surface area contributed by atoms with Crippen molar-refractivity contribution < 1.29 is 18.0 Å². The lowest BCUT2D eigenvalue weighted by Crippen LogP contribution is -2.23. The fourth-order valence-electron chi connectivity index (χ4n) is 2.81. The van der Waals surface area contributed by atoms with E-state index in [1.807, 2.05) is 44.2 Å². The Morgan fingerprint density at radius 1 is 1.03 bits per heavy atom. The van der Waals surface area contributed by atoms with Gasteiger partial charge in [0, 0.05) is 6.07 Å². The number of alkyl halides is 3. The zero-order valence-electron chi connectivity index (χ0n) is 16.0. The van der Waals surface area contributed by atoms with Gasteiger partial charge in [-0.2, -0.15) is 18.3 Å². The standard InChI is InChI=1S/C21H21F3N4O/c1-14(2)18-12-19(28(27-18)13-15-8-4-3-5-9-15)26-20(29)25-17-11-7-6-10-16(17)21(22,23)24/h3-12,14H,13H2,1-2H3,(H2,25,26,29). The molecule has 5 nitrogen and oxygen atoms in total. The summed E-state index contributed by atoms with van der Waals surface area (Å²) in [5.74, 6) is 0.529. The van der Waals surface area contributed by atoms with E-state index >= 15 is 0 Å². The Morgan fingerprint density at radius 3 is 2.34 bits per heavy atom. The zero-order chi connectivity index (χ0) is 21.0. The third kappa shape index (κ3) is 5.16. The van der Waals surface area contributed by atoms with Gasteiger partial charge in [0.2, 0.25) is 0 Å². The first kappa shape index (κ1) is 20.4. The Labute approximate surface area is 166 Å². The fourth-order valence-corrected chi connectivity index (χ4v) is 2.81. The van der Waals surface area contributed by atoms with Crippen molar-refractivity contribution in [3.8, 4) is 0 Å². The van der Waals surface area contributed by atoms with Crippen LogP contribution in [-0.4, -0.2) is 15.8 Å². The van der Waals surface area contributed by atoms with Gasteiger partial charge in [0.25, 0.3) is 0 Å². The number of carbonyl (C=O) groups is 1. The monoisotopic (exact) mass is 402 g/mol. The third-order valence-electron chi connectivity index (χ3n) is 4.29. The largest absolute Gasteiger partial charge is 0.418 e. The van der Waals surface area contributed by atoms with Crippen LogP contribution >= 0.6 is 0 Å². The Morgan fingerprint density at radius 2 is 1.69 bits per heavy atom. The second-order valence-electron chi connectivity index (χ2n) is 6.87. The molecule has 29 heavy (non-hydrogen) atoms. The van der Waals surface area contributed by atoms with Gasteiger partial charge in [0.1, 0.15) is 5.82 Å². The number of nitrogens with zero attached hydrogens (tertiary/aromatic N) is 2. The average Bonchev–Trinajstić information content (AvgIpc) is 3.04. The minimum atomic E-state index is -4.57. The van der Waals surface area contributed by atoms with E-state index in [0.717, 1.165) is 17.3 Å². The SMILES string of the molecule is CC(C)c1cc(NC(=O)Nc2ccccc2C(F)(F)F)n(Cc2ccccc2)n1. The van der Waals surface area contributed by atoms with Gasteiger partial charge >= 0.3 is 12.2 Å². The lowest BCUT2D eigenvalue weighted by Gasteiger charge is -2.14. The molecule has 0 radical (unpaired) electrons. The summed E-state index contributed by atoms with van der Waals surface area (Å²) in [5, 5.41) is 9.42. The lowest BCUT2D eigenvalue weighted by atomic mass is 10.1. The molecule has 152 valence electrons. The molecule has 2 amide bonds. The number of urea groups is 1. The number of hydrogen-bond donors (Lipinski definition) is 2. The molecule has 1 aromatic heterocycles. The second-order valence-corrected chi connectivity index (χ2v) is 6.87. The maximum absolute atomic E-state index is 13.1. The molecule has 2 N–H and O–H groups in total. The van der Waals surface area contributed by atoms with Crippen LogP contribution in [0.4, 0.5) is 29.5 Å². The van der Waals surface area contributed by atoms with Gasteiger partial charge in [0.15, 0.2) is 0 Å². The molecule has 8 heteroatoms. The van der Waals surface area contributed by atoms with Crippen molar-refractivity contribution >= 4 is 17.5 Å². The zero-order valence-corrected chi connectivity index (χ0v) is 16.0. The molecule has 2 aromatic carbocycles. The number of halogens is 3. The van der Waals surface area contributed by atoms with Crippen molar-refractivity contribution in [1.82, 2.24) is 9.78 Å². The number of carbonyl (C=O) groups excluding carboxylic acids is 1. The summed E-state index contributed by atoms with van der Waals surface area (Å²) in [6.45, 7) is 4.36. The van der Waals surface area contributed by atoms with Crippen molar-refractivity contribution in [2.75, 3.05) is 10.6 Å². The van der Waals surface area contributed by atoms with Crippen molar-refractivity contribution in [3.05, 3.63) is 77.5 Å². The summed E-state index contributed by atoms with van der Waals surface area (Å²) in [7, 11) is 0. The molecular formula is C21H21F3N4O. The molecule has 0 atom stereocenters. The molecule has 0 spiro atoms. The number of aromatic nitrogens is 2. The number of nitrogens with one attached hydrogen (secondary N) is 2. The van der Waals surface area contributed by atoms with E-state index in [2.05, 4.69) is 15.7 Å². The highest BCUT2D eigenvalue weighted by atomic mass is 19.4. The molecule has 0 fully saturated rings.